The summed E-state index contributed by atoms with van der Waals surface area (Å²) in [5.41, 5.74) is 3.42. The summed E-state index contributed by atoms with van der Waals surface area (Å²) in [6, 6.07) is 13.3. The number of carboxylic acid groups (broad SMARTS) is 1. The molecule has 6 heteroatoms. The molecule has 0 saturated carbocycles. The van der Waals surface area contributed by atoms with Gasteiger partial charge >= 0.3 is 5.97 Å². The number of nitrogens with zero attached hydrogens (tertiary/aromatic N) is 1. The van der Waals surface area contributed by atoms with E-state index in [4.69, 9.17) is 13.9 Å². The van der Waals surface area contributed by atoms with Crippen molar-refractivity contribution >= 4 is 5.97 Å². The van der Waals surface area contributed by atoms with Crippen molar-refractivity contribution in [1.29, 1.82) is 0 Å². The van der Waals surface area contributed by atoms with Crippen molar-refractivity contribution in [2.75, 3.05) is 13.2 Å². The molecule has 0 amide bonds. The van der Waals surface area contributed by atoms with Crippen LogP contribution in [0.2, 0.25) is 0 Å². The molecule has 0 spiro atoms. The van der Waals surface area contributed by atoms with E-state index < -0.39 is 5.97 Å². The Morgan fingerprint density at radius 3 is 2.45 bits per heavy atom. The lowest BCUT2D eigenvalue weighted by Gasteiger charge is -2.25. The molecule has 0 aliphatic carbocycles. The standard InChI is InChI=1S/C25H29NO5/c1-16-9-11-19(12-10-16)23-26-20(18(3)31-23)13-29-14-25(4,5)15-30-21-8-6-7-17(2)22(21)24(27)28/h6-12H,13-15H2,1-5H3,(H,27,28). The predicted octanol–water partition coefficient (Wildman–Crippen LogP) is 5.59. The number of aromatic carboxylic acids is 1. The van der Waals surface area contributed by atoms with Gasteiger partial charge in [0.05, 0.1) is 19.8 Å². The van der Waals surface area contributed by atoms with Gasteiger partial charge in [0.2, 0.25) is 5.89 Å². The SMILES string of the molecule is Cc1ccc(-c2nc(COCC(C)(C)COc3cccc(C)c3C(=O)O)c(C)o2)cc1. The fourth-order valence-electron chi connectivity index (χ4n) is 3.16. The Balaban J connectivity index is 1.57. The smallest absolute Gasteiger partial charge is 0.339 e. The fraction of sp³-hybridized carbons (Fsp3) is 0.360. The van der Waals surface area contributed by atoms with Gasteiger partial charge in [-0.05, 0) is 44.5 Å². The summed E-state index contributed by atoms with van der Waals surface area (Å²) >= 11 is 0. The lowest BCUT2D eigenvalue weighted by atomic mass is 9.96. The maximum Gasteiger partial charge on any atom is 0.339 e. The first-order valence-corrected chi connectivity index (χ1v) is 10.2. The molecule has 0 aliphatic rings. The molecule has 0 unspecified atom stereocenters. The van der Waals surface area contributed by atoms with Crippen molar-refractivity contribution in [3.05, 3.63) is 70.6 Å². The predicted molar refractivity (Wildman–Crippen MR) is 118 cm³/mol. The molecule has 3 aromatic rings. The van der Waals surface area contributed by atoms with E-state index in [-0.39, 0.29) is 11.0 Å². The number of aryl methyl sites for hydroxylation is 3. The highest BCUT2D eigenvalue weighted by Crippen LogP contribution is 2.26. The lowest BCUT2D eigenvalue weighted by Crippen LogP contribution is -2.27. The van der Waals surface area contributed by atoms with E-state index in [1.165, 1.54) is 5.56 Å². The Morgan fingerprint density at radius 2 is 1.77 bits per heavy atom. The summed E-state index contributed by atoms with van der Waals surface area (Å²) in [6.45, 7) is 10.8. The number of carbonyl (C=O) groups is 1. The molecular formula is C25H29NO5. The second-order valence-corrected chi connectivity index (χ2v) is 8.59. The summed E-state index contributed by atoms with van der Waals surface area (Å²) in [5, 5.41) is 9.45. The van der Waals surface area contributed by atoms with E-state index in [0.29, 0.717) is 37.0 Å². The van der Waals surface area contributed by atoms with Crippen LogP contribution < -0.4 is 4.74 Å². The second kappa shape index (κ2) is 9.35. The number of hydrogen-bond acceptors (Lipinski definition) is 5. The molecule has 0 fully saturated rings. The maximum absolute atomic E-state index is 11.5. The summed E-state index contributed by atoms with van der Waals surface area (Å²) in [7, 11) is 0. The first-order valence-electron chi connectivity index (χ1n) is 10.2. The third-order valence-corrected chi connectivity index (χ3v) is 4.99. The number of hydrogen-bond donors (Lipinski definition) is 1. The minimum atomic E-state index is -0.993. The van der Waals surface area contributed by atoms with Gasteiger partial charge in [-0.1, -0.05) is 43.7 Å². The van der Waals surface area contributed by atoms with Crippen molar-refractivity contribution in [3.63, 3.8) is 0 Å². The number of oxazole rings is 1. The molecule has 1 heterocycles. The van der Waals surface area contributed by atoms with Crippen molar-refractivity contribution in [1.82, 2.24) is 4.98 Å². The molecule has 3 rings (SSSR count). The average molecular weight is 424 g/mol. The van der Waals surface area contributed by atoms with Crippen LogP contribution in [0.4, 0.5) is 0 Å². The van der Waals surface area contributed by atoms with Gasteiger partial charge in [0.25, 0.3) is 0 Å². The molecule has 0 saturated heterocycles. The van der Waals surface area contributed by atoms with E-state index in [9.17, 15) is 9.90 Å². The van der Waals surface area contributed by atoms with Crippen molar-refractivity contribution in [2.45, 2.75) is 41.2 Å². The van der Waals surface area contributed by atoms with Crippen LogP contribution in [0, 0.1) is 26.2 Å². The third kappa shape index (κ3) is 5.73. The number of rotatable bonds is 9. The van der Waals surface area contributed by atoms with Gasteiger partial charge in [0, 0.05) is 11.0 Å². The molecule has 1 aromatic heterocycles. The summed E-state index contributed by atoms with van der Waals surface area (Å²) in [5.74, 6) is 0.693. The number of aromatic nitrogens is 1. The minimum absolute atomic E-state index is 0.195. The van der Waals surface area contributed by atoms with E-state index in [1.54, 1.807) is 25.1 Å². The van der Waals surface area contributed by atoms with Crippen LogP contribution in [-0.2, 0) is 11.3 Å². The number of ether oxygens (including phenoxy) is 2. The van der Waals surface area contributed by atoms with Crippen molar-refractivity contribution < 1.29 is 23.8 Å². The average Bonchev–Trinajstić information content (AvgIpc) is 3.07. The first-order chi connectivity index (χ1) is 14.7. The Bertz CT molecular complexity index is 1050. The molecule has 6 nitrogen and oxygen atoms in total. The van der Waals surface area contributed by atoms with Crippen LogP contribution in [0.15, 0.2) is 46.9 Å². The molecule has 0 atom stereocenters. The Labute approximate surface area is 182 Å². The second-order valence-electron chi connectivity index (χ2n) is 8.59. The zero-order chi connectivity index (χ0) is 22.6. The fourth-order valence-corrected chi connectivity index (χ4v) is 3.16. The van der Waals surface area contributed by atoms with Crippen LogP contribution in [0.1, 0.15) is 46.8 Å². The molecule has 2 aromatic carbocycles. The van der Waals surface area contributed by atoms with Crippen molar-refractivity contribution in [3.8, 4) is 17.2 Å². The van der Waals surface area contributed by atoms with Gasteiger partial charge in [-0.15, -0.1) is 0 Å². The summed E-state index contributed by atoms with van der Waals surface area (Å²) in [4.78, 5) is 16.1. The zero-order valence-corrected chi connectivity index (χ0v) is 18.7. The molecule has 0 bridgehead atoms. The number of benzene rings is 2. The van der Waals surface area contributed by atoms with Gasteiger partial charge in [0.1, 0.15) is 22.8 Å². The highest BCUT2D eigenvalue weighted by Gasteiger charge is 2.22. The minimum Gasteiger partial charge on any atom is -0.492 e. The van der Waals surface area contributed by atoms with Gasteiger partial charge in [0.15, 0.2) is 0 Å². The van der Waals surface area contributed by atoms with Crippen molar-refractivity contribution in [2.24, 2.45) is 5.41 Å². The van der Waals surface area contributed by atoms with Crippen LogP contribution in [0.5, 0.6) is 5.75 Å². The normalized spacial score (nSPS) is 11.5. The Morgan fingerprint density at radius 1 is 1.06 bits per heavy atom. The summed E-state index contributed by atoms with van der Waals surface area (Å²) < 4.78 is 17.6. The quantitative estimate of drug-likeness (QED) is 0.483. The first kappa shape index (κ1) is 22.6. The van der Waals surface area contributed by atoms with Crippen LogP contribution in [0.25, 0.3) is 11.5 Å². The van der Waals surface area contributed by atoms with Gasteiger partial charge in [-0.25, -0.2) is 9.78 Å². The monoisotopic (exact) mass is 423 g/mol. The molecule has 1 N–H and O–H groups in total. The van der Waals surface area contributed by atoms with E-state index in [1.807, 2.05) is 52.0 Å². The van der Waals surface area contributed by atoms with E-state index in [2.05, 4.69) is 4.98 Å². The van der Waals surface area contributed by atoms with E-state index >= 15 is 0 Å². The number of carboxylic acids is 1. The van der Waals surface area contributed by atoms with Gasteiger partial charge in [-0.3, -0.25) is 0 Å². The Kier molecular flexibility index (Phi) is 6.81. The third-order valence-electron chi connectivity index (χ3n) is 4.99. The van der Waals surface area contributed by atoms with Crippen LogP contribution in [-0.4, -0.2) is 29.3 Å². The lowest BCUT2D eigenvalue weighted by molar-refractivity contribution is 0.0239. The molecule has 0 aliphatic heterocycles. The maximum atomic E-state index is 11.5. The molecular weight excluding hydrogens is 394 g/mol. The topological polar surface area (TPSA) is 81.8 Å². The van der Waals surface area contributed by atoms with Crippen LogP contribution in [0.3, 0.4) is 0 Å². The highest BCUT2D eigenvalue weighted by atomic mass is 16.5. The highest BCUT2D eigenvalue weighted by molar-refractivity contribution is 5.92. The summed E-state index contributed by atoms with van der Waals surface area (Å²) in [6.07, 6.45) is 0. The molecule has 164 valence electrons. The van der Waals surface area contributed by atoms with Crippen LogP contribution >= 0.6 is 0 Å². The Hall–Kier alpha value is -3.12. The zero-order valence-electron chi connectivity index (χ0n) is 18.7. The largest absolute Gasteiger partial charge is 0.492 e. The van der Waals surface area contributed by atoms with E-state index in [0.717, 1.165) is 17.0 Å². The van der Waals surface area contributed by atoms with Gasteiger partial charge < -0.3 is 19.0 Å². The van der Waals surface area contributed by atoms with Gasteiger partial charge in [-0.2, -0.15) is 0 Å². The molecule has 0 radical (unpaired) electrons. The molecule has 31 heavy (non-hydrogen) atoms.